The topological polar surface area (TPSA) is 127 Å². The fraction of sp³-hybridized carbons (Fsp3) is 0.125. The molecule has 11 heteroatoms. The van der Waals surface area contributed by atoms with Crippen LogP contribution in [0.25, 0.3) is 0 Å². The molecule has 0 radical (unpaired) electrons. The van der Waals surface area contributed by atoms with Crippen LogP contribution < -0.4 is 9.04 Å². The van der Waals surface area contributed by atoms with Gasteiger partial charge in [0.25, 0.3) is 0 Å². The minimum absolute atomic E-state index is 0.0678. The van der Waals surface area contributed by atoms with Crippen LogP contribution in [0.2, 0.25) is 5.02 Å². The number of halogens is 1. The minimum Gasteiger partial charge on any atom is -0.504 e. The fourth-order valence-electron chi connectivity index (χ4n) is 3.74. The summed E-state index contributed by atoms with van der Waals surface area (Å²) in [6.45, 7) is 0.972. The molecule has 0 bridgehead atoms. The van der Waals surface area contributed by atoms with Crippen molar-refractivity contribution in [1.29, 1.82) is 0 Å². The number of ether oxygens (including phenoxy) is 2. The highest BCUT2D eigenvalue weighted by atomic mass is 35.5. The van der Waals surface area contributed by atoms with Crippen LogP contribution in [0.3, 0.4) is 0 Å². The SMILES string of the molecule is CCOC(=O)COc1c(N(c2ccc(Cl)cc2)[SH](=O)=O)cc2c(c1O)C(=O)c1ccccc1C2=O. The molecule has 0 spiro atoms. The zero-order valence-corrected chi connectivity index (χ0v) is 19.8. The van der Waals surface area contributed by atoms with E-state index in [1.807, 2.05) is 0 Å². The van der Waals surface area contributed by atoms with Crippen molar-refractivity contribution < 1.29 is 37.4 Å². The summed E-state index contributed by atoms with van der Waals surface area (Å²) in [7, 11) is -3.39. The summed E-state index contributed by atoms with van der Waals surface area (Å²) >= 11 is 5.92. The molecule has 0 amide bonds. The molecule has 3 aromatic rings. The molecule has 4 rings (SSSR count). The highest BCUT2D eigenvalue weighted by Crippen LogP contribution is 2.47. The Morgan fingerprint density at radius 3 is 2.23 bits per heavy atom. The molecule has 0 atom stereocenters. The maximum absolute atomic E-state index is 13.2. The molecule has 0 fully saturated rings. The Morgan fingerprint density at radius 1 is 1.00 bits per heavy atom. The first kappa shape index (κ1) is 24.2. The number of aromatic hydroxyl groups is 1. The molecule has 9 nitrogen and oxygen atoms in total. The largest absolute Gasteiger partial charge is 0.504 e. The first-order valence-electron chi connectivity index (χ1n) is 10.3. The first-order valence-corrected chi connectivity index (χ1v) is 11.8. The lowest BCUT2D eigenvalue weighted by Crippen LogP contribution is -2.24. The number of anilines is 2. The smallest absolute Gasteiger partial charge is 0.344 e. The van der Waals surface area contributed by atoms with Gasteiger partial charge in [-0.05, 0) is 37.3 Å². The second-order valence-electron chi connectivity index (χ2n) is 7.32. The van der Waals surface area contributed by atoms with Gasteiger partial charge in [-0.3, -0.25) is 9.59 Å². The van der Waals surface area contributed by atoms with Crippen LogP contribution in [0.5, 0.6) is 11.5 Å². The highest BCUT2D eigenvalue weighted by Gasteiger charge is 2.36. The number of rotatable bonds is 7. The summed E-state index contributed by atoms with van der Waals surface area (Å²) < 4.78 is 35.8. The molecule has 35 heavy (non-hydrogen) atoms. The van der Waals surface area contributed by atoms with Crippen molar-refractivity contribution in [3.05, 3.63) is 81.9 Å². The van der Waals surface area contributed by atoms with Crippen LogP contribution in [0, 0.1) is 0 Å². The minimum atomic E-state index is -3.39. The molecule has 0 saturated heterocycles. The lowest BCUT2D eigenvalue weighted by Gasteiger charge is -2.26. The molecule has 1 N–H and O–H groups in total. The van der Waals surface area contributed by atoms with Crippen molar-refractivity contribution in [2.75, 3.05) is 17.5 Å². The van der Waals surface area contributed by atoms with E-state index in [0.29, 0.717) is 5.02 Å². The normalized spacial score (nSPS) is 12.2. The van der Waals surface area contributed by atoms with Gasteiger partial charge in [-0.1, -0.05) is 35.9 Å². The second kappa shape index (κ2) is 9.77. The van der Waals surface area contributed by atoms with Gasteiger partial charge < -0.3 is 14.6 Å². The third-order valence-electron chi connectivity index (χ3n) is 5.23. The van der Waals surface area contributed by atoms with E-state index in [0.717, 1.165) is 10.4 Å². The van der Waals surface area contributed by atoms with E-state index < -0.39 is 46.5 Å². The number of esters is 1. The molecular formula is C24H18ClNO8S. The number of carbonyl (C=O) groups is 3. The summed E-state index contributed by atoms with van der Waals surface area (Å²) in [5.74, 6) is -3.27. The van der Waals surface area contributed by atoms with Gasteiger partial charge in [0.05, 0.1) is 17.9 Å². The van der Waals surface area contributed by atoms with Crippen LogP contribution in [0.4, 0.5) is 11.4 Å². The van der Waals surface area contributed by atoms with Crippen LogP contribution in [-0.2, 0) is 20.4 Å². The standard InChI is InChI=1S/C24H18ClNO8S/c1-2-33-19(27)12-34-24-18(26(35(31)32)14-9-7-13(25)8-10-14)11-17-20(23(24)30)22(29)16-6-4-3-5-15(16)21(17)28/h3-11,30,35H,2,12H2,1H3. The number of hydrogen-bond acceptors (Lipinski definition) is 8. The summed E-state index contributed by atoms with van der Waals surface area (Å²) in [5.41, 5.74) is -0.534. The second-order valence-corrected chi connectivity index (χ2v) is 8.63. The van der Waals surface area contributed by atoms with Gasteiger partial charge in [0.15, 0.2) is 29.7 Å². The van der Waals surface area contributed by atoms with E-state index in [1.165, 1.54) is 36.4 Å². The predicted molar refractivity (Wildman–Crippen MR) is 127 cm³/mol. The monoisotopic (exact) mass is 515 g/mol. The van der Waals surface area contributed by atoms with E-state index >= 15 is 0 Å². The Kier molecular flexibility index (Phi) is 6.77. The number of hydrogen-bond donors (Lipinski definition) is 2. The van der Waals surface area contributed by atoms with Crippen molar-refractivity contribution in [3.8, 4) is 11.5 Å². The lowest BCUT2D eigenvalue weighted by molar-refractivity contribution is -0.145. The van der Waals surface area contributed by atoms with E-state index in [9.17, 15) is 27.9 Å². The number of phenolic OH excluding ortho intramolecular Hbond substituents is 1. The third-order valence-corrected chi connectivity index (χ3v) is 6.25. The Labute approximate surface area is 206 Å². The van der Waals surface area contributed by atoms with Gasteiger partial charge in [0.1, 0.15) is 5.69 Å². The summed E-state index contributed by atoms with van der Waals surface area (Å²) in [4.78, 5) is 38.3. The van der Waals surface area contributed by atoms with Crippen LogP contribution in [0.15, 0.2) is 54.6 Å². The number of benzene rings is 3. The number of phenols is 1. The van der Waals surface area contributed by atoms with Gasteiger partial charge >= 0.3 is 5.97 Å². The molecule has 3 aromatic carbocycles. The number of carbonyl (C=O) groups excluding carboxylic acids is 3. The van der Waals surface area contributed by atoms with Crippen molar-refractivity contribution in [2.45, 2.75) is 6.92 Å². The maximum Gasteiger partial charge on any atom is 0.344 e. The zero-order chi connectivity index (χ0) is 25.3. The van der Waals surface area contributed by atoms with Gasteiger partial charge in [0.2, 0.25) is 10.9 Å². The third kappa shape index (κ3) is 4.45. The van der Waals surface area contributed by atoms with E-state index in [2.05, 4.69) is 0 Å². The average molecular weight is 516 g/mol. The van der Waals surface area contributed by atoms with Crippen LogP contribution >= 0.6 is 11.6 Å². The highest BCUT2D eigenvalue weighted by molar-refractivity contribution is 7.74. The molecule has 0 unspecified atom stereocenters. The summed E-state index contributed by atoms with van der Waals surface area (Å²) in [6, 6.07) is 12.9. The Balaban J connectivity index is 1.96. The van der Waals surface area contributed by atoms with Crippen molar-refractivity contribution in [2.24, 2.45) is 0 Å². The molecule has 1 aliphatic rings. The summed E-state index contributed by atoms with van der Waals surface area (Å²) in [6.07, 6.45) is 0. The number of thiol groups is 1. The zero-order valence-electron chi connectivity index (χ0n) is 18.2. The number of fused-ring (bicyclic) bond motifs is 2. The fourth-order valence-corrected chi connectivity index (χ4v) is 4.51. The van der Waals surface area contributed by atoms with Crippen molar-refractivity contribution in [1.82, 2.24) is 0 Å². The van der Waals surface area contributed by atoms with Crippen molar-refractivity contribution >= 4 is 51.4 Å². The summed E-state index contributed by atoms with van der Waals surface area (Å²) in [5, 5.41) is 11.4. The molecule has 180 valence electrons. The Morgan fingerprint density at radius 2 is 1.63 bits per heavy atom. The molecular weight excluding hydrogens is 498 g/mol. The molecule has 0 aromatic heterocycles. The molecule has 0 saturated carbocycles. The number of ketones is 2. The molecule has 1 aliphatic carbocycles. The van der Waals surface area contributed by atoms with E-state index in [-0.39, 0.29) is 40.2 Å². The number of nitrogens with zero attached hydrogens (tertiary/aromatic N) is 1. The lowest BCUT2D eigenvalue weighted by atomic mass is 9.83. The molecule has 0 heterocycles. The van der Waals surface area contributed by atoms with Gasteiger partial charge in [0, 0.05) is 21.7 Å². The maximum atomic E-state index is 13.2. The Hall–Kier alpha value is -3.89. The quantitative estimate of drug-likeness (QED) is 0.283. The van der Waals surface area contributed by atoms with Gasteiger partial charge in [-0.2, -0.15) is 0 Å². The average Bonchev–Trinajstić information content (AvgIpc) is 2.83. The van der Waals surface area contributed by atoms with Crippen LogP contribution in [-0.4, -0.2) is 44.3 Å². The van der Waals surface area contributed by atoms with Crippen molar-refractivity contribution in [3.63, 3.8) is 0 Å². The van der Waals surface area contributed by atoms with Gasteiger partial charge in [-0.15, -0.1) is 0 Å². The predicted octanol–water partition coefficient (Wildman–Crippen LogP) is 3.43. The first-order chi connectivity index (χ1) is 16.7. The van der Waals surface area contributed by atoms with Gasteiger partial charge in [-0.25, -0.2) is 17.5 Å². The molecule has 0 aliphatic heterocycles. The van der Waals surface area contributed by atoms with E-state index in [4.69, 9.17) is 21.1 Å². The van der Waals surface area contributed by atoms with Crippen LogP contribution in [0.1, 0.15) is 38.8 Å². The van der Waals surface area contributed by atoms with E-state index in [1.54, 1.807) is 19.1 Å². The Bertz CT molecular complexity index is 1420.